The molecule has 0 aliphatic carbocycles. The van der Waals surface area contributed by atoms with E-state index in [1.54, 1.807) is 12.3 Å². The summed E-state index contributed by atoms with van der Waals surface area (Å²) in [4.78, 5) is 14.9. The van der Waals surface area contributed by atoms with Crippen LogP contribution < -0.4 is 20.9 Å². The van der Waals surface area contributed by atoms with Crippen LogP contribution in [0, 0.1) is 19.8 Å². The van der Waals surface area contributed by atoms with Gasteiger partial charge < -0.3 is 20.9 Å². The molecule has 1 aromatic heterocycles. The summed E-state index contributed by atoms with van der Waals surface area (Å²) < 4.78 is 10.9. The molecule has 0 radical (unpaired) electrons. The molecule has 1 heterocycles. The molecule has 0 saturated heterocycles. The molecule has 0 bridgehead atoms. The lowest BCUT2D eigenvalue weighted by Gasteiger charge is -2.27. The topological polar surface area (TPSA) is 100 Å². The largest absolute Gasteiger partial charge is 0.491 e. The number of carbonyl (C=O) groups excluding carboxylic acids is 1. The van der Waals surface area contributed by atoms with Crippen LogP contribution in [0.3, 0.4) is 0 Å². The molecule has 27 heavy (non-hydrogen) atoms. The van der Waals surface area contributed by atoms with Gasteiger partial charge in [-0.25, -0.2) is 9.78 Å². The lowest BCUT2D eigenvalue weighted by molar-refractivity contribution is 0.205. The fourth-order valence-corrected chi connectivity index (χ4v) is 3.23. The molecule has 146 valence electrons. The Morgan fingerprint density at radius 2 is 1.93 bits per heavy atom. The zero-order valence-electron chi connectivity index (χ0n) is 16.7. The van der Waals surface area contributed by atoms with Crippen LogP contribution in [0.4, 0.5) is 4.79 Å². The van der Waals surface area contributed by atoms with Crippen molar-refractivity contribution in [3.05, 3.63) is 41.6 Å². The minimum absolute atomic E-state index is 0.171. The van der Waals surface area contributed by atoms with E-state index in [9.17, 15) is 4.79 Å². The third-order valence-corrected chi connectivity index (χ3v) is 4.42. The van der Waals surface area contributed by atoms with E-state index in [4.69, 9.17) is 20.9 Å². The summed E-state index contributed by atoms with van der Waals surface area (Å²) in [6.07, 6.45) is 1.59. The van der Waals surface area contributed by atoms with Crippen LogP contribution in [0.15, 0.2) is 30.5 Å². The second kappa shape index (κ2) is 8.39. The molecule has 4 N–H and O–H groups in total. The van der Waals surface area contributed by atoms with Crippen LogP contribution in [0.2, 0.25) is 0 Å². The number of aromatic nitrogens is 1. The summed E-state index contributed by atoms with van der Waals surface area (Å²) >= 11 is 0. The average Bonchev–Trinajstić information content (AvgIpc) is 2.54. The quantitative estimate of drug-likeness (QED) is 0.767. The van der Waals surface area contributed by atoms with Gasteiger partial charge in [0.2, 0.25) is 5.88 Å². The molecular weight excluding hydrogens is 342 g/mol. The number of primary amides is 1. The number of benzene rings is 1. The highest BCUT2D eigenvalue weighted by Gasteiger charge is 2.22. The first kappa shape index (κ1) is 20.7. The van der Waals surface area contributed by atoms with Crippen molar-refractivity contribution in [2.24, 2.45) is 17.4 Å². The van der Waals surface area contributed by atoms with Gasteiger partial charge in [0.15, 0.2) is 0 Å². The van der Waals surface area contributed by atoms with Gasteiger partial charge >= 0.3 is 6.09 Å². The smallest absolute Gasteiger partial charge is 0.411 e. The van der Waals surface area contributed by atoms with E-state index in [2.05, 4.69) is 18.8 Å². The van der Waals surface area contributed by atoms with Crippen molar-refractivity contribution in [2.75, 3.05) is 6.61 Å². The number of rotatable bonds is 7. The van der Waals surface area contributed by atoms with Gasteiger partial charge in [-0.2, -0.15) is 0 Å². The predicted molar refractivity (Wildman–Crippen MR) is 107 cm³/mol. The van der Waals surface area contributed by atoms with Gasteiger partial charge in [-0.1, -0.05) is 19.9 Å². The second-order valence-corrected chi connectivity index (χ2v) is 7.71. The van der Waals surface area contributed by atoms with Gasteiger partial charge in [0, 0.05) is 17.8 Å². The molecule has 2 aromatic rings. The van der Waals surface area contributed by atoms with Crippen molar-refractivity contribution in [3.63, 3.8) is 0 Å². The Hall–Kier alpha value is -2.60. The van der Waals surface area contributed by atoms with Crippen molar-refractivity contribution in [2.45, 2.75) is 46.6 Å². The van der Waals surface area contributed by atoms with Crippen molar-refractivity contribution in [1.82, 2.24) is 4.98 Å². The fourth-order valence-electron chi connectivity index (χ4n) is 3.23. The molecule has 1 atom stereocenters. The number of amides is 1. The molecule has 0 aliphatic rings. The summed E-state index contributed by atoms with van der Waals surface area (Å²) in [5.41, 5.74) is 15.0. The number of carbonyl (C=O) groups is 1. The average molecular weight is 371 g/mol. The molecule has 0 spiro atoms. The zero-order valence-corrected chi connectivity index (χ0v) is 16.7. The molecule has 1 amide bonds. The number of nitrogens with two attached hydrogens (primary N) is 2. The minimum Gasteiger partial charge on any atom is -0.491 e. The molecule has 2 rings (SSSR count). The Labute approximate surface area is 160 Å². The molecule has 0 saturated carbocycles. The third-order valence-electron chi connectivity index (χ3n) is 4.42. The number of pyridine rings is 1. The Bertz CT molecular complexity index is 816. The molecule has 0 fully saturated rings. The van der Waals surface area contributed by atoms with Gasteiger partial charge in [-0.05, 0) is 67.5 Å². The maximum atomic E-state index is 10.9. The Morgan fingerprint density at radius 1 is 1.22 bits per heavy atom. The summed E-state index contributed by atoms with van der Waals surface area (Å²) in [5, 5.41) is 0. The molecule has 6 nitrogen and oxygen atoms in total. The van der Waals surface area contributed by atoms with Crippen molar-refractivity contribution < 1.29 is 14.3 Å². The highest BCUT2D eigenvalue weighted by Crippen LogP contribution is 2.32. The fraction of sp³-hybridized carbons (Fsp3) is 0.429. The van der Waals surface area contributed by atoms with Crippen LogP contribution in [0.1, 0.15) is 38.3 Å². The maximum absolute atomic E-state index is 10.9. The first-order valence-electron chi connectivity index (χ1n) is 9.04. The molecule has 1 aromatic carbocycles. The van der Waals surface area contributed by atoms with Crippen LogP contribution in [-0.4, -0.2) is 23.2 Å². The number of ether oxygens (including phenoxy) is 2. The van der Waals surface area contributed by atoms with Gasteiger partial charge in [0.25, 0.3) is 0 Å². The van der Waals surface area contributed by atoms with E-state index in [0.29, 0.717) is 12.5 Å². The molecule has 6 heteroatoms. The summed E-state index contributed by atoms with van der Waals surface area (Å²) in [6, 6.07) is 7.47. The third kappa shape index (κ3) is 5.69. The first-order chi connectivity index (χ1) is 12.6. The van der Waals surface area contributed by atoms with Crippen LogP contribution in [0.25, 0.3) is 11.1 Å². The van der Waals surface area contributed by atoms with Crippen LogP contribution in [-0.2, 0) is 0 Å². The van der Waals surface area contributed by atoms with Crippen molar-refractivity contribution in [3.8, 4) is 22.8 Å². The van der Waals surface area contributed by atoms with Gasteiger partial charge in [0.1, 0.15) is 12.4 Å². The van der Waals surface area contributed by atoms with E-state index in [1.807, 2.05) is 39.0 Å². The zero-order chi connectivity index (χ0) is 20.2. The lowest BCUT2D eigenvalue weighted by atomic mass is 9.92. The summed E-state index contributed by atoms with van der Waals surface area (Å²) in [7, 11) is 0. The summed E-state index contributed by atoms with van der Waals surface area (Å²) in [5.74, 6) is 1.50. The van der Waals surface area contributed by atoms with Gasteiger partial charge in [0.05, 0.1) is 0 Å². The second-order valence-electron chi connectivity index (χ2n) is 7.71. The molecular formula is C21H29N3O3. The normalized spacial score (nSPS) is 13.3. The molecule has 1 unspecified atom stereocenters. The Morgan fingerprint density at radius 3 is 2.56 bits per heavy atom. The SMILES string of the molecule is Cc1c(OCC(C)(N)CC(C)C)ccc(-c2ccnc(OC(N)=O)c2)c1C. The van der Waals surface area contributed by atoms with Crippen LogP contribution >= 0.6 is 0 Å². The Balaban J connectivity index is 2.23. The standard InChI is InChI=1S/C21H29N3O3/c1-13(2)11-21(5,23)12-26-18-7-6-17(14(3)15(18)4)16-8-9-24-19(10-16)27-20(22)25/h6-10,13H,11-12,23H2,1-5H3,(H2,22,25). The van der Waals surface area contributed by atoms with Gasteiger partial charge in [-0.3, -0.25) is 0 Å². The van der Waals surface area contributed by atoms with E-state index in [-0.39, 0.29) is 11.4 Å². The number of nitrogens with zero attached hydrogens (tertiary/aromatic N) is 1. The highest BCUT2D eigenvalue weighted by molar-refractivity contribution is 5.72. The lowest BCUT2D eigenvalue weighted by Crippen LogP contribution is -2.43. The number of hydrogen-bond donors (Lipinski definition) is 2. The summed E-state index contributed by atoms with van der Waals surface area (Å²) in [6.45, 7) is 10.8. The monoisotopic (exact) mass is 371 g/mol. The highest BCUT2D eigenvalue weighted by atomic mass is 16.6. The van der Waals surface area contributed by atoms with E-state index >= 15 is 0 Å². The van der Waals surface area contributed by atoms with Crippen molar-refractivity contribution in [1.29, 1.82) is 0 Å². The van der Waals surface area contributed by atoms with E-state index in [0.717, 1.165) is 34.4 Å². The molecule has 0 aliphatic heterocycles. The van der Waals surface area contributed by atoms with Crippen LogP contribution in [0.5, 0.6) is 11.6 Å². The van der Waals surface area contributed by atoms with Crippen molar-refractivity contribution >= 4 is 6.09 Å². The number of hydrogen-bond acceptors (Lipinski definition) is 5. The predicted octanol–water partition coefficient (Wildman–Crippen LogP) is 3.97. The Kier molecular flexibility index (Phi) is 6.44. The maximum Gasteiger partial charge on any atom is 0.411 e. The van der Waals surface area contributed by atoms with E-state index < -0.39 is 6.09 Å². The first-order valence-corrected chi connectivity index (χ1v) is 9.04. The minimum atomic E-state index is -0.887. The van der Waals surface area contributed by atoms with E-state index in [1.165, 1.54) is 0 Å². The van der Waals surface area contributed by atoms with Gasteiger partial charge in [-0.15, -0.1) is 0 Å².